The minimum atomic E-state index is -3.39. The van der Waals surface area contributed by atoms with Gasteiger partial charge in [0.15, 0.2) is 0 Å². The lowest BCUT2D eigenvalue weighted by molar-refractivity contribution is 0.220. The first-order chi connectivity index (χ1) is 9.51. The summed E-state index contributed by atoms with van der Waals surface area (Å²) in [6.45, 7) is 3.29. The van der Waals surface area contributed by atoms with Gasteiger partial charge in [-0.3, -0.25) is 0 Å². The van der Waals surface area contributed by atoms with Crippen molar-refractivity contribution in [2.24, 2.45) is 5.41 Å². The van der Waals surface area contributed by atoms with Crippen LogP contribution >= 0.6 is 0 Å². The minimum Gasteiger partial charge on any atom is -0.396 e. The van der Waals surface area contributed by atoms with Crippen LogP contribution in [0.2, 0.25) is 0 Å². The van der Waals surface area contributed by atoms with Crippen molar-refractivity contribution in [1.29, 1.82) is 0 Å². The number of sulfonamides is 1. The zero-order valence-corrected chi connectivity index (χ0v) is 12.5. The molecule has 1 saturated carbocycles. The number of aliphatic hydroxyl groups excluding tert-OH is 1. The molecule has 112 valence electrons. The first-order valence-electron chi connectivity index (χ1n) is 6.96. The van der Waals surface area contributed by atoms with E-state index < -0.39 is 10.0 Å². The molecule has 0 atom stereocenters. The summed E-state index contributed by atoms with van der Waals surface area (Å²) in [5.41, 5.74) is 0.909. The summed E-state index contributed by atoms with van der Waals surface area (Å²) in [4.78, 5) is 0.278. The van der Waals surface area contributed by atoms with Crippen LogP contribution in [-0.2, 0) is 10.0 Å². The van der Waals surface area contributed by atoms with Gasteiger partial charge < -0.3 is 10.4 Å². The lowest BCUT2D eigenvalue weighted by Gasteiger charge is -2.14. The van der Waals surface area contributed by atoms with Gasteiger partial charge in [-0.05, 0) is 43.5 Å². The third-order valence-electron chi connectivity index (χ3n) is 3.67. The average Bonchev–Trinajstić information content (AvgIpc) is 3.24. The summed E-state index contributed by atoms with van der Waals surface area (Å²) in [7, 11) is -3.39. The van der Waals surface area contributed by atoms with Crippen molar-refractivity contribution in [1.82, 2.24) is 4.72 Å². The van der Waals surface area contributed by atoms with E-state index in [0.29, 0.717) is 6.54 Å². The molecule has 5 nitrogen and oxygen atoms in total. The standard InChI is InChI=1S/C14H22N2O3S/c1-2-9-16-20(18,19)13-5-3-12(4-6-13)15-10-14(11-17)7-8-14/h3-6,15-17H,2,7-11H2,1H3. The molecule has 0 saturated heterocycles. The summed E-state index contributed by atoms with van der Waals surface area (Å²) in [5.74, 6) is 0. The molecule has 2 rings (SSSR count). The molecule has 20 heavy (non-hydrogen) atoms. The third kappa shape index (κ3) is 3.71. The van der Waals surface area contributed by atoms with Crippen molar-refractivity contribution in [3.05, 3.63) is 24.3 Å². The van der Waals surface area contributed by atoms with Gasteiger partial charge in [0.2, 0.25) is 10.0 Å². The predicted octanol–water partition coefficient (Wildman–Crippen LogP) is 1.56. The second-order valence-electron chi connectivity index (χ2n) is 5.43. The summed E-state index contributed by atoms with van der Waals surface area (Å²) in [5, 5.41) is 12.5. The zero-order chi connectivity index (χ0) is 14.6. The number of rotatable bonds is 8. The molecule has 0 aliphatic heterocycles. The minimum absolute atomic E-state index is 0.0351. The molecule has 1 aromatic rings. The Balaban J connectivity index is 1.96. The van der Waals surface area contributed by atoms with E-state index in [4.69, 9.17) is 0 Å². The molecule has 1 fully saturated rings. The maximum absolute atomic E-state index is 11.9. The van der Waals surface area contributed by atoms with Gasteiger partial charge in [0.1, 0.15) is 0 Å². The largest absolute Gasteiger partial charge is 0.396 e. The molecule has 0 radical (unpaired) electrons. The van der Waals surface area contributed by atoms with Gasteiger partial charge in [-0.2, -0.15) is 0 Å². The number of benzene rings is 1. The van der Waals surface area contributed by atoms with Crippen molar-refractivity contribution in [2.45, 2.75) is 31.1 Å². The number of nitrogens with one attached hydrogen (secondary N) is 2. The highest BCUT2D eigenvalue weighted by Crippen LogP contribution is 2.44. The van der Waals surface area contributed by atoms with Crippen LogP contribution in [0.4, 0.5) is 5.69 Å². The molecule has 0 heterocycles. The van der Waals surface area contributed by atoms with Crippen LogP contribution in [0.25, 0.3) is 0 Å². The normalized spacial score (nSPS) is 16.9. The van der Waals surface area contributed by atoms with Crippen molar-refractivity contribution < 1.29 is 13.5 Å². The van der Waals surface area contributed by atoms with Crippen LogP contribution < -0.4 is 10.0 Å². The Kier molecular flexibility index (Phi) is 4.67. The van der Waals surface area contributed by atoms with Crippen molar-refractivity contribution in [3.8, 4) is 0 Å². The number of hydrogen-bond acceptors (Lipinski definition) is 4. The highest BCUT2D eigenvalue weighted by molar-refractivity contribution is 7.89. The van der Waals surface area contributed by atoms with Gasteiger partial charge in [0.25, 0.3) is 0 Å². The van der Waals surface area contributed by atoms with Crippen LogP contribution in [-0.4, -0.2) is 33.2 Å². The van der Waals surface area contributed by atoms with Gasteiger partial charge in [0, 0.05) is 24.2 Å². The van der Waals surface area contributed by atoms with Crippen LogP contribution in [0.1, 0.15) is 26.2 Å². The lowest BCUT2D eigenvalue weighted by Crippen LogP contribution is -2.24. The number of aliphatic hydroxyl groups is 1. The molecule has 1 aromatic carbocycles. The molecule has 0 bridgehead atoms. The summed E-state index contributed by atoms with van der Waals surface area (Å²) in [6, 6.07) is 6.71. The van der Waals surface area contributed by atoms with E-state index in [9.17, 15) is 13.5 Å². The highest BCUT2D eigenvalue weighted by atomic mass is 32.2. The first-order valence-corrected chi connectivity index (χ1v) is 8.44. The lowest BCUT2D eigenvalue weighted by atomic mass is 10.1. The van der Waals surface area contributed by atoms with E-state index in [0.717, 1.165) is 31.5 Å². The topological polar surface area (TPSA) is 78.4 Å². The molecule has 1 aliphatic rings. The van der Waals surface area contributed by atoms with E-state index in [-0.39, 0.29) is 16.9 Å². The Labute approximate surface area is 120 Å². The fourth-order valence-electron chi connectivity index (χ4n) is 1.93. The predicted molar refractivity (Wildman–Crippen MR) is 79.2 cm³/mol. The van der Waals surface area contributed by atoms with Crippen molar-refractivity contribution in [2.75, 3.05) is 25.0 Å². The van der Waals surface area contributed by atoms with Crippen LogP contribution in [0.15, 0.2) is 29.2 Å². The molecule has 0 aromatic heterocycles. The smallest absolute Gasteiger partial charge is 0.240 e. The number of hydrogen-bond donors (Lipinski definition) is 3. The van der Waals surface area contributed by atoms with E-state index in [1.165, 1.54) is 0 Å². The Bertz CT molecular complexity index is 536. The molecule has 1 aliphatic carbocycles. The molecular weight excluding hydrogens is 276 g/mol. The highest BCUT2D eigenvalue weighted by Gasteiger charge is 2.41. The van der Waals surface area contributed by atoms with E-state index >= 15 is 0 Å². The van der Waals surface area contributed by atoms with Crippen molar-refractivity contribution in [3.63, 3.8) is 0 Å². The Morgan fingerprint density at radius 2 is 1.90 bits per heavy atom. The molecule has 6 heteroatoms. The second kappa shape index (κ2) is 6.11. The Morgan fingerprint density at radius 1 is 1.25 bits per heavy atom. The van der Waals surface area contributed by atoms with E-state index in [1.54, 1.807) is 24.3 Å². The van der Waals surface area contributed by atoms with Crippen LogP contribution in [0, 0.1) is 5.41 Å². The van der Waals surface area contributed by atoms with Gasteiger partial charge in [0.05, 0.1) is 11.5 Å². The van der Waals surface area contributed by atoms with Gasteiger partial charge in [-0.1, -0.05) is 6.92 Å². The quantitative estimate of drug-likeness (QED) is 0.680. The van der Waals surface area contributed by atoms with Crippen molar-refractivity contribution >= 4 is 15.7 Å². The van der Waals surface area contributed by atoms with E-state index in [2.05, 4.69) is 10.0 Å². The Morgan fingerprint density at radius 3 is 2.40 bits per heavy atom. The maximum atomic E-state index is 11.9. The van der Waals surface area contributed by atoms with Gasteiger partial charge >= 0.3 is 0 Å². The number of anilines is 1. The van der Waals surface area contributed by atoms with Crippen LogP contribution in [0.5, 0.6) is 0 Å². The fourth-order valence-corrected chi connectivity index (χ4v) is 3.06. The summed E-state index contributed by atoms with van der Waals surface area (Å²) < 4.78 is 26.4. The summed E-state index contributed by atoms with van der Waals surface area (Å²) in [6.07, 6.45) is 2.86. The second-order valence-corrected chi connectivity index (χ2v) is 7.20. The van der Waals surface area contributed by atoms with E-state index in [1.807, 2.05) is 6.92 Å². The molecular formula is C14H22N2O3S. The maximum Gasteiger partial charge on any atom is 0.240 e. The molecule has 0 unspecified atom stereocenters. The average molecular weight is 298 g/mol. The zero-order valence-electron chi connectivity index (χ0n) is 11.7. The monoisotopic (exact) mass is 298 g/mol. The SMILES string of the molecule is CCCNS(=O)(=O)c1ccc(NCC2(CO)CC2)cc1. The fraction of sp³-hybridized carbons (Fsp3) is 0.571. The van der Waals surface area contributed by atoms with Gasteiger partial charge in [-0.25, -0.2) is 13.1 Å². The Hall–Kier alpha value is -1.11. The molecule has 0 amide bonds. The van der Waals surface area contributed by atoms with Crippen LogP contribution in [0.3, 0.4) is 0 Å². The van der Waals surface area contributed by atoms with Gasteiger partial charge in [-0.15, -0.1) is 0 Å². The first kappa shape index (κ1) is 15.3. The summed E-state index contributed by atoms with van der Waals surface area (Å²) >= 11 is 0. The molecule has 0 spiro atoms. The third-order valence-corrected chi connectivity index (χ3v) is 5.14. The molecule has 3 N–H and O–H groups in total.